The Morgan fingerprint density at radius 3 is 2.73 bits per heavy atom. The van der Waals surface area contributed by atoms with Crippen LogP contribution < -0.4 is 10.6 Å². The zero-order chi connectivity index (χ0) is 10.5. The van der Waals surface area contributed by atoms with Gasteiger partial charge in [0, 0.05) is 25.7 Å². The maximum atomic E-state index is 3.58. The molecule has 1 aromatic carbocycles. The topological polar surface area (TPSA) is 24.1 Å². The highest BCUT2D eigenvalue weighted by Gasteiger charge is 2.18. The van der Waals surface area contributed by atoms with Crippen molar-refractivity contribution in [2.24, 2.45) is 5.92 Å². The van der Waals surface area contributed by atoms with Crippen molar-refractivity contribution in [2.45, 2.75) is 19.4 Å². The highest BCUT2D eigenvalue weighted by atomic mass is 15.1. The number of hydrogen-bond acceptors (Lipinski definition) is 2. The zero-order valence-electron chi connectivity index (χ0n) is 9.37. The van der Waals surface area contributed by atoms with E-state index in [4.69, 9.17) is 0 Å². The average Bonchev–Trinajstić information content (AvgIpc) is 2.31. The number of benzene rings is 1. The Balaban J connectivity index is 1.88. The van der Waals surface area contributed by atoms with Gasteiger partial charge in [-0.1, -0.05) is 37.3 Å². The van der Waals surface area contributed by atoms with Crippen molar-refractivity contribution in [3.05, 3.63) is 35.9 Å². The smallest absolute Gasteiger partial charge is 0.0221 e. The maximum absolute atomic E-state index is 3.58. The SMILES string of the molecule is CC(Cc1ccccc1)C1CNCCN1. The van der Waals surface area contributed by atoms with Crippen LogP contribution in [0.1, 0.15) is 12.5 Å². The van der Waals surface area contributed by atoms with Gasteiger partial charge in [0.25, 0.3) is 0 Å². The zero-order valence-corrected chi connectivity index (χ0v) is 9.37. The lowest BCUT2D eigenvalue weighted by molar-refractivity contribution is 0.324. The van der Waals surface area contributed by atoms with Crippen LogP contribution in [-0.4, -0.2) is 25.7 Å². The van der Waals surface area contributed by atoms with Gasteiger partial charge in [0.1, 0.15) is 0 Å². The summed E-state index contributed by atoms with van der Waals surface area (Å²) in [4.78, 5) is 0. The first kappa shape index (κ1) is 10.7. The van der Waals surface area contributed by atoms with Crippen LogP contribution in [0.3, 0.4) is 0 Å². The monoisotopic (exact) mass is 204 g/mol. The van der Waals surface area contributed by atoms with Crippen LogP contribution >= 0.6 is 0 Å². The van der Waals surface area contributed by atoms with Crippen molar-refractivity contribution in [3.8, 4) is 0 Å². The molecule has 2 heteroatoms. The molecule has 2 unspecified atom stereocenters. The summed E-state index contributed by atoms with van der Waals surface area (Å²) in [6.07, 6.45) is 1.17. The van der Waals surface area contributed by atoms with Gasteiger partial charge in [-0.15, -0.1) is 0 Å². The highest BCUT2D eigenvalue weighted by molar-refractivity contribution is 5.15. The predicted octanol–water partition coefficient (Wildman–Crippen LogP) is 1.43. The number of piperazine rings is 1. The van der Waals surface area contributed by atoms with Gasteiger partial charge in [0.15, 0.2) is 0 Å². The predicted molar refractivity (Wildman–Crippen MR) is 64.0 cm³/mol. The molecule has 2 nitrogen and oxygen atoms in total. The van der Waals surface area contributed by atoms with E-state index in [-0.39, 0.29) is 0 Å². The molecule has 2 atom stereocenters. The van der Waals surface area contributed by atoms with Gasteiger partial charge in [-0.2, -0.15) is 0 Å². The van der Waals surface area contributed by atoms with Crippen LogP contribution in [0, 0.1) is 5.92 Å². The fourth-order valence-electron chi connectivity index (χ4n) is 2.21. The van der Waals surface area contributed by atoms with Gasteiger partial charge in [-0.05, 0) is 17.9 Å². The van der Waals surface area contributed by atoms with Gasteiger partial charge in [-0.3, -0.25) is 0 Å². The summed E-state index contributed by atoms with van der Waals surface area (Å²) in [5.74, 6) is 0.695. The second kappa shape index (κ2) is 5.29. The summed E-state index contributed by atoms with van der Waals surface area (Å²) in [6.45, 7) is 5.64. The summed E-state index contributed by atoms with van der Waals surface area (Å²) in [5.41, 5.74) is 1.44. The molecule has 0 amide bonds. The Labute approximate surface area is 92.1 Å². The van der Waals surface area contributed by atoms with Crippen molar-refractivity contribution >= 4 is 0 Å². The molecule has 2 N–H and O–H groups in total. The molecule has 0 spiro atoms. The minimum absolute atomic E-state index is 0.624. The van der Waals surface area contributed by atoms with Crippen molar-refractivity contribution in [2.75, 3.05) is 19.6 Å². The fourth-order valence-corrected chi connectivity index (χ4v) is 2.21. The molecule has 2 rings (SSSR count). The molecular weight excluding hydrogens is 184 g/mol. The molecule has 1 aliphatic heterocycles. The van der Waals surface area contributed by atoms with Crippen LogP contribution in [0.25, 0.3) is 0 Å². The molecule has 1 aromatic rings. The van der Waals surface area contributed by atoms with Crippen molar-refractivity contribution in [1.29, 1.82) is 0 Å². The van der Waals surface area contributed by atoms with Crippen LogP contribution in [-0.2, 0) is 6.42 Å². The lowest BCUT2D eigenvalue weighted by Crippen LogP contribution is -2.51. The molecular formula is C13H20N2. The van der Waals surface area contributed by atoms with Gasteiger partial charge in [-0.25, -0.2) is 0 Å². The minimum Gasteiger partial charge on any atom is -0.314 e. The standard InChI is InChI=1S/C13H20N2/c1-11(13-10-14-7-8-15-13)9-12-5-3-2-4-6-12/h2-6,11,13-15H,7-10H2,1H3. The van der Waals surface area contributed by atoms with Gasteiger partial charge in [0.2, 0.25) is 0 Å². The molecule has 0 aliphatic carbocycles. The van der Waals surface area contributed by atoms with E-state index in [2.05, 4.69) is 47.9 Å². The van der Waals surface area contributed by atoms with E-state index >= 15 is 0 Å². The van der Waals surface area contributed by atoms with Crippen molar-refractivity contribution < 1.29 is 0 Å². The third kappa shape index (κ3) is 3.05. The Kier molecular flexibility index (Phi) is 3.75. The van der Waals surface area contributed by atoms with E-state index in [9.17, 15) is 0 Å². The molecule has 0 aromatic heterocycles. The molecule has 15 heavy (non-hydrogen) atoms. The third-order valence-electron chi connectivity index (χ3n) is 3.16. The lowest BCUT2D eigenvalue weighted by Gasteiger charge is -2.29. The lowest BCUT2D eigenvalue weighted by atomic mass is 9.93. The number of rotatable bonds is 3. The van der Waals surface area contributed by atoms with Gasteiger partial charge < -0.3 is 10.6 Å². The Morgan fingerprint density at radius 1 is 1.27 bits per heavy atom. The van der Waals surface area contributed by atoms with E-state index in [0.29, 0.717) is 12.0 Å². The molecule has 1 aliphatic rings. The Bertz CT molecular complexity index is 278. The summed E-state index contributed by atoms with van der Waals surface area (Å²) in [5, 5.41) is 7.02. The van der Waals surface area contributed by atoms with E-state index in [1.807, 2.05) is 0 Å². The Hall–Kier alpha value is -0.860. The molecule has 1 saturated heterocycles. The average molecular weight is 204 g/mol. The van der Waals surface area contributed by atoms with Crippen molar-refractivity contribution in [1.82, 2.24) is 10.6 Å². The van der Waals surface area contributed by atoms with Crippen LogP contribution in [0.2, 0.25) is 0 Å². The summed E-state index contributed by atoms with van der Waals surface area (Å²) >= 11 is 0. The van der Waals surface area contributed by atoms with E-state index < -0.39 is 0 Å². The summed E-state index contributed by atoms with van der Waals surface area (Å²) in [6, 6.07) is 11.4. The van der Waals surface area contributed by atoms with Crippen LogP contribution in [0.4, 0.5) is 0 Å². The first-order valence-corrected chi connectivity index (χ1v) is 5.84. The quantitative estimate of drug-likeness (QED) is 0.778. The largest absolute Gasteiger partial charge is 0.314 e. The first-order valence-electron chi connectivity index (χ1n) is 5.84. The first-order chi connectivity index (χ1) is 7.36. The fraction of sp³-hybridized carbons (Fsp3) is 0.538. The molecule has 82 valence electrons. The van der Waals surface area contributed by atoms with Gasteiger partial charge in [0.05, 0.1) is 0 Å². The van der Waals surface area contributed by atoms with E-state index in [1.54, 1.807) is 0 Å². The normalized spacial score (nSPS) is 23.7. The second-order valence-electron chi connectivity index (χ2n) is 4.43. The van der Waals surface area contributed by atoms with E-state index in [0.717, 1.165) is 19.6 Å². The number of hydrogen-bond donors (Lipinski definition) is 2. The van der Waals surface area contributed by atoms with Crippen LogP contribution in [0.5, 0.6) is 0 Å². The number of nitrogens with one attached hydrogen (secondary N) is 2. The second-order valence-corrected chi connectivity index (χ2v) is 4.43. The maximum Gasteiger partial charge on any atom is 0.0221 e. The highest BCUT2D eigenvalue weighted by Crippen LogP contribution is 2.12. The molecule has 0 saturated carbocycles. The van der Waals surface area contributed by atoms with Crippen LogP contribution in [0.15, 0.2) is 30.3 Å². The van der Waals surface area contributed by atoms with Crippen molar-refractivity contribution in [3.63, 3.8) is 0 Å². The molecule has 1 heterocycles. The molecule has 0 radical (unpaired) electrons. The summed E-state index contributed by atoms with van der Waals surface area (Å²) < 4.78 is 0. The van der Waals surface area contributed by atoms with Gasteiger partial charge >= 0.3 is 0 Å². The third-order valence-corrected chi connectivity index (χ3v) is 3.16. The molecule has 0 bridgehead atoms. The minimum atomic E-state index is 0.624. The van der Waals surface area contributed by atoms with E-state index in [1.165, 1.54) is 12.0 Å². The summed E-state index contributed by atoms with van der Waals surface area (Å²) in [7, 11) is 0. The molecule has 1 fully saturated rings. The Morgan fingerprint density at radius 2 is 2.07 bits per heavy atom.